The van der Waals surface area contributed by atoms with Crippen LogP contribution in [0.2, 0.25) is 5.02 Å². The molecule has 0 amide bonds. The Balaban J connectivity index is 2.07. The molecule has 0 saturated heterocycles. The van der Waals surface area contributed by atoms with Gasteiger partial charge in [-0.1, -0.05) is 17.7 Å². The van der Waals surface area contributed by atoms with Crippen LogP contribution in [0.15, 0.2) is 46.8 Å². The van der Waals surface area contributed by atoms with Crippen molar-refractivity contribution >= 4 is 28.8 Å². The normalized spacial score (nSPS) is 11.6. The van der Waals surface area contributed by atoms with E-state index >= 15 is 0 Å². The highest BCUT2D eigenvalue weighted by Gasteiger charge is 2.08. The van der Waals surface area contributed by atoms with Crippen LogP contribution in [0.5, 0.6) is 0 Å². The fraction of sp³-hybridized carbons (Fsp3) is 0.188. The highest BCUT2D eigenvalue weighted by molar-refractivity contribution is 6.31. The molecule has 0 saturated carbocycles. The average Bonchev–Trinajstić information content (AvgIpc) is 2.75. The summed E-state index contributed by atoms with van der Waals surface area (Å²) in [5, 5.41) is 9.38. The Hall–Kier alpha value is -2.20. The second kappa shape index (κ2) is 5.30. The number of rotatable bonds is 2. The number of hydrogen-bond acceptors (Lipinski definition) is 3. The summed E-state index contributed by atoms with van der Waals surface area (Å²) < 4.78 is 1.94. The topological polar surface area (TPSA) is 42.0 Å². The van der Waals surface area contributed by atoms with Crippen LogP contribution in [0, 0.1) is 20.8 Å². The average molecular weight is 299 g/mol. The van der Waals surface area contributed by atoms with E-state index in [1.807, 2.05) is 61.7 Å². The second-order valence-electron chi connectivity index (χ2n) is 5.04. The van der Waals surface area contributed by atoms with Crippen LogP contribution >= 0.6 is 11.6 Å². The predicted octanol–water partition coefficient (Wildman–Crippen LogP) is 5.33. The van der Waals surface area contributed by atoms with Gasteiger partial charge in [-0.15, -0.1) is 10.2 Å². The van der Waals surface area contributed by atoms with E-state index < -0.39 is 0 Å². The first kappa shape index (κ1) is 13.8. The molecule has 0 aliphatic carbocycles. The third-order valence-electron chi connectivity index (χ3n) is 3.42. The molecule has 2 heterocycles. The minimum atomic E-state index is 0.692. The second-order valence-corrected chi connectivity index (χ2v) is 5.44. The van der Waals surface area contributed by atoms with Crippen LogP contribution in [-0.4, -0.2) is 9.38 Å². The van der Waals surface area contributed by atoms with Crippen molar-refractivity contribution in [2.75, 3.05) is 0 Å². The molecule has 3 rings (SSSR count). The summed E-state index contributed by atoms with van der Waals surface area (Å²) in [6.07, 6.45) is 1.96. The Morgan fingerprint density at radius 1 is 1.10 bits per heavy atom. The van der Waals surface area contributed by atoms with Crippen LogP contribution in [-0.2, 0) is 0 Å². The Morgan fingerprint density at radius 2 is 1.90 bits per heavy atom. The Bertz CT molecular complexity index is 849. The monoisotopic (exact) mass is 298 g/mol. The molecule has 5 heteroatoms. The lowest BCUT2D eigenvalue weighted by molar-refractivity contribution is 1.09. The number of imidazole rings is 1. The number of nitrogens with zero attached hydrogens (tertiary/aromatic N) is 4. The molecule has 0 unspecified atom stereocenters. The van der Waals surface area contributed by atoms with Gasteiger partial charge in [0.25, 0.3) is 0 Å². The standard InChI is InChI=1S/C16H15ClN4/c1-10-7-8-21-15(9-10)18-12(3)16(21)20-19-14-6-4-5-13(17)11(14)2/h4-9H,1-3H3. The zero-order chi connectivity index (χ0) is 15.0. The molecule has 0 spiro atoms. The molecule has 0 N–H and O–H groups in total. The maximum atomic E-state index is 6.10. The smallest absolute Gasteiger partial charge is 0.182 e. The van der Waals surface area contributed by atoms with Crippen LogP contribution in [0.3, 0.4) is 0 Å². The molecule has 1 aromatic carbocycles. The molecule has 0 bridgehead atoms. The minimum Gasteiger partial charge on any atom is -0.283 e. The Morgan fingerprint density at radius 3 is 2.71 bits per heavy atom. The van der Waals surface area contributed by atoms with Crippen molar-refractivity contribution in [3.63, 3.8) is 0 Å². The number of benzene rings is 1. The molecule has 3 aromatic rings. The van der Waals surface area contributed by atoms with Gasteiger partial charge < -0.3 is 0 Å². The van der Waals surface area contributed by atoms with Crippen molar-refractivity contribution in [2.24, 2.45) is 10.2 Å². The highest BCUT2D eigenvalue weighted by Crippen LogP contribution is 2.28. The lowest BCUT2D eigenvalue weighted by Crippen LogP contribution is -1.84. The van der Waals surface area contributed by atoms with E-state index in [1.165, 1.54) is 5.56 Å². The van der Waals surface area contributed by atoms with Gasteiger partial charge in [-0.25, -0.2) is 4.98 Å². The Kier molecular flexibility index (Phi) is 3.47. The number of azo groups is 1. The molecule has 2 aromatic heterocycles. The van der Waals surface area contributed by atoms with Crippen LogP contribution in [0.25, 0.3) is 5.65 Å². The van der Waals surface area contributed by atoms with E-state index in [2.05, 4.69) is 15.2 Å². The molecule has 4 nitrogen and oxygen atoms in total. The molecule has 0 radical (unpaired) electrons. The quantitative estimate of drug-likeness (QED) is 0.590. The molecular weight excluding hydrogens is 284 g/mol. The largest absolute Gasteiger partial charge is 0.283 e. The summed E-state index contributed by atoms with van der Waals surface area (Å²) in [5.41, 5.74) is 4.59. The first-order valence-electron chi connectivity index (χ1n) is 6.68. The fourth-order valence-corrected chi connectivity index (χ4v) is 2.35. The van der Waals surface area contributed by atoms with Gasteiger partial charge in [0.15, 0.2) is 5.82 Å². The van der Waals surface area contributed by atoms with E-state index in [-0.39, 0.29) is 0 Å². The molecule has 0 aliphatic rings. The number of aryl methyl sites for hydroxylation is 2. The van der Waals surface area contributed by atoms with E-state index in [0.717, 1.165) is 28.4 Å². The number of fused-ring (bicyclic) bond motifs is 1. The summed E-state index contributed by atoms with van der Waals surface area (Å²) in [4.78, 5) is 4.51. The van der Waals surface area contributed by atoms with Crippen molar-refractivity contribution in [1.29, 1.82) is 0 Å². The van der Waals surface area contributed by atoms with Crippen molar-refractivity contribution in [2.45, 2.75) is 20.8 Å². The number of halogens is 1. The lowest BCUT2D eigenvalue weighted by atomic mass is 10.2. The van der Waals surface area contributed by atoms with E-state index in [0.29, 0.717) is 5.02 Å². The summed E-state index contributed by atoms with van der Waals surface area (Å²) in [5.74, 6) is 0.740. The van der Waals surface area contributed by atoms with Gasteiger partial charge in [0.2, 0.25) is 0 Å². The molecule has 0 fully saturated rings. The van der Waals surface area contributed by atoms with Gasteiger partial charge in [-0.05, 0) is 56.2 Å². The van der Waals surface area contributed by atoms with Crippen LogP contribution in [0.4, 0.5) is 11.5 Å². The summed E-state index contributed by atoms with van der Waals surface area (Å²) in [6.45, 7) is 5.91. The van der Waals surface area contributed by atoms with Gasteiger partial charge in [0, 0.05) is 11.2 Å². The summed E-state index contributed by atoms with van der Waals surface area (Å²) >= 11 is 6.10. The fourth-order valence-electron chi connectivity index (χ4n) is 2.18. The lowest BCUT2D eigenvalue weighted by Gasteiger charge is -2.01. The third kappa shape index (κ3) is 2.54. The first-order chi connectivity index (χ1) is 10.1. The summed E-state index contributed by atoms with van der Waals surface area (Å²) in [7, 11) is 0. The Labute approximate surface area is 128 Å². The number of aromatic nitrogens is 2. The molecule has 0 atom stereocenters. The molecule has 106 valence electrons. The zero-order valence-electron chi connectivity index (χ0n) is 12.1. The van der Waals surface area contributed by atoms with E-state index in [1.54, 1.807) is 0 Å². The van der Waals surface area contributed by atoms with Crippen molar-refractivity contribution in [1.82, 2.24) is 9.38 Å². The number of hydrogen-bond donors (Lipinski definition) is 0. The molecular formula is C16H15ClN4. The number of pyridine rings is 1. The van der Waals surface area contributed by atoms with Gasteiger partial charge in [-0.2, -0.15) is 0 Å². The summed E-state index contributed by atoms with van der Waals surface area (Å²) in [6, 6.07) is 9.66. The zero-order valence-corrected chi connectivity index (χ0v) is 12.9. The first-order valence-corrected chi connectivity index (χ1v) is 7.06. The molecule has 21 heavy (non-hydrogen) atoms. The maximum Gasteiger partial charge on any atom is 0.182 e. The van der Waals surface area contributed by atoms with Gasteiger partial charge in [0.1, 0.15) is 5.65 Å². The van der Waals surface area contributed by atoms with Crippen molar-refractivity contribution < 1.29 is 0 Å². The van der Waals surface area contributed by atoms with Gasteiger partial charge in [-0.3, -0.25) is 4.40 Å². The van der Waals surface area contributed by atoms with Crippen molar-refractivity contribution in [3.05, 3.63) is 58.4 Å². The molecule has 0 aliphatic heterocycles. The minimum absolute atomic E-state index is 0.692. The SMILES string of the molecule is Cc1ccn2c(N=Nc3cccc(Cl)c3C)c(C)nc2c1. The van der Waals surface area contributed by atoms with Crippen LogP contribution in [0.1, 0.15) is 16.8 Å². The van der Waals surface area contributed by atoms with E-state index in [9.17, 15) is 0 Å². The van der Waals surface area contributed by atoms with Crippen molar-refractivity contribution in [3.8, 4) is 0 Å². The highest BCUT2D eigenvalue weighted by atomic mass is 35.5. The maximum absolute atomic E-state index is 6.10. The predicted molar refractivity (Wildman–Crippen MR) is 85.0 cm³/mol. The van der Waals surface area contributed by atoms with Gasteiger partial charge in [0.05, 0.1) is 11.4 Å². The van der Waals surface area contributed by atoms with E-state index in [4.69, 9.17) is 11.6 Å². The third-order valence-corrected chi connectivity index (χ3v) is 3.83. The van der Waals surface area contributed by atoms with Gasteiger partial charge >= 0.3 is 0 Å². The van der Waals surface area contributed by atoms with Crippen LogP contribution < -0.4 is 0 Å².